The van der Waals surface area contributed by atoms with Gasteiger partial charge < -0.3 is 21.7 Å². The molecular formula is C18H21N5O2. The number of nitriles is 1. The highest BCUT2D eigenvalue weighted by molar-refractivity contribution is 5.68. The van der Waals surface area contributed by atoms with Gasteiger partial charge in [-0.05, 0) is 37.5 Å². The van der Waals surface area contributed by atoms with Crippen molar-refractivity contribution in [2.45, 2.75) is 44.1 Å². The van der Waals surface area contributed by atoms with Crippen LogP contribution < -0.4 is 11.5 Å². The molecular weight excluding hydrogens is 318 g/mol. The van der Waals surface area contributed by atoms with Gasteiger partial charge in [0.1, 0.15) is 28.9 Å². The second-order valence-corrected chi connectivity index (χ2v) is 6.48. The number of anilines is 1. The van der Waals surface area contributed by atoms with Crippen LogP contribution in [-0.2, 0) is 0 Å². The summed E-state index contributed by atoms with van der Waals surface area (Å²) < 4.78 is 0. The number of phenolic OH excluding ortho intramolecular Hbond substituents is 2. The first kappa shape index (κ1) is 17.0. The van der Waals surface area contributed by atoms with Gasteiger partial charge in [-0.3, -0.25) is 0 Å². The summed E-state index contributed by atoms with van der Waals surface area (Å²) in [6.45, 7) is 0. The lowest BCUT2D eigenvalue weighted by molar-refractivity contribution is 0.461. The third kappa shape index (κ3) is 3.49. The van der Waals surface area contributed by atoms with E-state index in [4.69, 9.17) is 11.5 Å². The van der Waals surface area contributed by atoms with E-state index in [1.165, 1.54) is 18.2 Å². The van der Waals surface area contributed by atoms with E-state index in [1.54, 1.807) is 0 Å². The van der Waals surface area contributed by atoms with Crippen molar-refractivity contribution in [2.75, 3.05) is 5.73 Å². The molecule has 1 aliphatic rings. The highest BCUT2D eigenvalue weighted by Gasteiger charge is 2.26. The maximum atomic E-state index is 10.1. The second-order valence-electron chi connectivity index (χ2n) is 6.48. The van der Waals surface area contributed by atoms with Gasteiger partial charge in [-0.2, -0.15) is 5.26 Å². The van der Waals surface area contributed by atoms with Crippen molar-refractivity contribution in [3.8, 4) is 29.0 Å². The summed E-state index contributed by atoms with van der Waals surface area (Å²) in [6, 6.07) is 6.27. The summed E-state index contributed by atoms with van der Waals surface area (Å²) in [5.41, 5.74) is 13.3. The molecule has 3 rings (SSSR count). The third-order valence-electron chi connectivity index (χ3n) is 4.65. The fraction of sp³-hybridized carbons (Fsp3) is 0.389. The van der Waals surface area contributed by atoms with Crippen molar-refractivity contribution >= 4 is 5.82 Å². The Labute approximate surface area is 146 Å². The molecule has 0 spiro atoms. The van der Waals surface area contributed by atoms with Crippen molar-refractivity contribution in [2.24, 2.45) is 5.73 Å². The van der Waals surface area contributed by atoms with E-state index >= 15 is 0 Å². The van der Waals surface area contributed by atoms with Crippen LogP contribution in [-0.4, -0.2) is 26.2 Å². The highest BCUT2D eigenvalue weighted by Crippen LogP contribution is 2.36. The molecule has 1 fully saturated rings. The molecule has 1 saturated carbocycles. The molecule has 1 aromatic heterocycles. The summed E-state index contributed by atoms with van der Waals surface area (Å²) in [7, 11) is 0. The quantitative estimate of drug-likeness (QED) is 0.486. The Morgan fingerprint density at radius 3 is 2.68 bits per heavy atom. The molecule has 1 aliphatic carbocycles. The van der Waals surface area contributed by atoms with Gasteiger partial charge in [0.05, 0.1) is 11.3 Å². The largest absolute Gasteiger partial charge is 0.508 e. The fourth-order valence-electron chi connectivity index (χ4n) is 3.38. The summed E-state index contributed by atoms with van der Waals surface area (Å²) in [5, 5.41) is 29.3. The SMILES string of the molecule is N#Cc1c(N)nc(-c2cc(O)ccc2O)nc1C1CCCCC(N)C1. The maximum absolute atomic E-state index is 10.1. The number of phenols is 2. The number of nitrogen functional groups attached to an aromatic ring is 1. The summed E-state index contributed by atoms with van der Waals surface area (Å²) >= 11 is 0. The van der Waals surface area contributed by atoms with Crippen molar-refractivity contribution in [3.05, 3.63) is 29.5 Å². The molecule has 0 amide bonds. The second kappa shape index (κ2) is 6.95. The van der Waals surface area contributed by atoms with E-state index in [0.717, 1.165) is 32.1 Å². The number of rotatable bonds is 2. The van der Waals surface area contributed by atoms with Gasteiger partial charge in [0, 0.05) is 12.0 Å². The number of hydrogen-bond acceptors (Lipinski definition) is 7. The van der Waals surface area contributed by atoms with E-state index in [9.17, 15) is 15.5 Å². The Bertz CT molecular complexity index is 831. The standard InChI is InChI=1S/C18H21N5O2/c19-9-14-16(10-3-1-2-4-11(20)7-10)22-18(23-17(14)21)13-8-12(24)5-6-15(13)25/h5-6,8,10-11,24-25H,1-4,7,20H2,(H2,21,22,23). The van der Waals surface area contributed by atoms with Crippen molar-refractivity contribution < 1.29 is 10.2 Å². The maximum Gasteiger partial charge on any atom is 0.165 e. The number of aromatic nitrogens is 2. The zero-order valence-electron chi connectivity index (χ0n) is 13.8. The summed E-state index contributed by atoms with van der Waals surface area (Å²) in [5.74, 6) is 0.208. The van der Waals surface area contributed by atoms with Crippen LogP contribution in [0.25, 0.3) is 11.4 Å². The van der Waals surface area contributed by atoms with Gasteiger partial charge in [0.2, 0.25) is 0 Å². The zero-order chi connectivity index (χ0) is 18.0. The van der Waals surface area contributed by atoms with Gasteiger partial charge in [-0.1, -0.05) is 12.8 Å². The van der Waals surface area contributed by atoms with E-state index < -0.39 is 0 Å². The minimum Gasteiger partial charge on any atom is -0.508 e. The fourth-order valence-corrected chi connectivity index (χ4v) is 3.38. The Kier molecular flexibility index (Phi) is 4.72. The lowest BCUT2D eigenvalue weighted by atomic mass is 9.91. The summed E-state index contributed by atoms with van der Waals surface area (Å²) in [6.07, 6.45) is 4.64. The monoisotopic (exact) mass is 339 g/mol. The highest BCUT2D eigenvalue weighted by atomic mass is 16.3. The van der Waals surface area contributed by atoms with E-state index in [2.05, 4.69) is 16.0 Å². The lowest BCUT2D eigenvalue weighted by Gasteiger charge is -2.19. The van der Waals surface area contributed by atoms with Crippen LogP contribution >= 0.6 is 0 Å². The minimum absolute atomic E-state index is 0.0163. The first-order valence-electron chi connectivity index (χ1n) is 8.35. The van der Waals surface area contributed by atoms with Crippen LogP contribution in [0.15, 0.2) is 18.2 Å². The van der Waals surface area contributed by atoms with Crippen LogP contribution in [0, 0.1) is 11.3 Å². The molecule has 0 bridgehead atoms. The third-order valence-corrected chi connectivity index (χ3v) is 4.65. The van der Waals surface area contributed by atoms with Crippen LogP contribution in [0.4, 0.5) is 5.82 Å². The number of aromatic hydroxyl groups is 2. The minimum atomic E-state index is -0.0644. The molecule has 0 saturated heterocycles. The predicted molar refractivity (Wildman–Crippen MR) is 93.7 cm³/mol. The van der Waals surface area contributed by atoms with Gasteiger partial charge >= 0.3 is 0 Å². The average Bonchev–Trinajstić information content (AvgIpc) is 2.80. The molecule has 2 unspecified atom stereocenters. The molecule has 6 N–H and O–H groups in total. The van der Waals surface area contributed by atoms with Gasteiger partial charge in [-0.15, -0.1) is 0 Å². The topological polar surface area (TPSA) is 142 Å². The molecule has 2 atom stereocenters. The molecule has 25 heavy (non-hydrogen) atoms. The van der Waals surface area contributed by atoms with Crippen LogP contribution in [0.1, 0.15) is 49.3 Å². The molecule has 7 heteroatoms. The summed E-state index contributed by atoms with van der Waals surface area (Å²) in [4.78, 5) is 8.69. The molecule has 0 aliphatic heterocycles. The normalized spacial score (nSPS) is 20.6. The number of nitrogens with zero attached hydrogens (tertiary/aromatic N) is 3. The zero-order valence-corrected chi connectivity index (χ0v) is 13.8. The first-order chi connectivity index (χ1) is 12.0. The van der Waals surface area contributed by atoms with Crippen LogP contribution in [0.3, 0.4) is 0 Å². The molecule has 7 nitrogen and oxygen atoms in total. The van der Waals surface area contributed by atoms with Gasteiger partial charge in [0.25, 0.3) is 0 Å². The lowest BCUT2D eigenvalue weighted by Crippen LogP contribution is -2.22. The average molecular weight is 339 g/mol. The van der Waals surface area contributed by atoms with Crippen LogP contribution in [0.2, 0.25) is 0 Å². The van der Waals surface area contributed by atoms with Gasteiger partial charge in [-0.25, -0.2) is 9.97 Å². The molecule has 2 aromatic rings. The number of nitrogens with two attached hydrogens (primary N) is 2. The first-order valence-corrected chi connectivity index (χ1v) is 8.35. The Balaban J connectivity index is 2.13. The van der Waals surface area contributed by atoms with Gasteiger partial charge in [0.15, 0.2) is 5.82 Å². The van der Waals surface area contributed by atoms with E-state index in [-0.39, 0.29) is 46.2 Å². The van der Waals surface area contributed by atoms with E-state index in [0.29, 0.717) is 5.69 Å². The number of hydrogen-bond donors (Lipinski definition) is 4. The Morgan fingerprint density at radius 2 is 1.92 bits per heavy atom. The Hall–Kier alpha value is -2.85. The number of benzene rings is 1. The molecule has 130 valence electrons. The molecule has 1 aromatic carbocycles. The van der Waals surface area contributed by atoms with Crippen molar-refractivity contribution in [1.29, 1.82) is 5.26 Å². The predicted octanol–water partition coefficient (Wildman–Crippen LogP) is 2.38. The Morgan fingerprint density at radius 1 is 1.16 bits per heavy atom. The molecule has 1 heterocycles. The molecule has 0 radical (unpaired) electrons. The van der Waals surface area contributed by atoms with Crippen molar-refractivity contribution in [3.63, 3.8) is 0 Å². The smallest absolute Gasteiger partial charge is 0.165 e. The van der Waals surface area contributed by atoms with Crippen molar-refractivity contribution in [1.82, 2.24) is 9.97 Å². The van der Waals surface area contributed by atoms with E-state index in [1.807, 2.05) is 0 Å². The van der Waals surface area contributed by atoms with Crippen LogP contribution in [0.5, 0.6) is 11.5 Å².